The van der Waals surface area contributed by atoms with Crippen LogP contribution in [-0.2, 0) is 34.1 Å². The summed E-state index contributed by atoms with van der Waals surface area (Å²) >= 11 is 0. The number of benzene rings is 4. The average molecular weight is 1050 g/mol. The molecule has 13 nitrogen and oxygen atoms in total. The zero-order valence-electron chi connectivity index (χ0n) is 45.4. The maximum Gasteiger partial charge on any atom is 0.269 e. The minimum absolute atomic E-state index is 0.00248. The van der Waals surface area contributed by atoms with Crippen LogP contribution in [-0.4, -0.2) is 68.3 Å². The molecule has 1 saturated carbocycles. The monoisotopic (exact) mass is 1050 g/mol. The summed E-state index contributed by atoms with van der Waals surface area (Å²) < 4.78 is 21.5. The third-order valence-electron chi connectivity index (χ3n) is 15.9. The Hall–Kier alpha value is -6.41. The molecule has 1 aliphatic heterocycles. The van der Waals surface area contributed by atoms with Crippen molar-refractivity contribution in [1.29, 1.82) is 0 Å². The van der Waals surface area contributed by atoms with Crippen molar-refractivity contribution in [1.82, 2.24) is 9.88 Å². The molecule has 1 amide bonds. The van der Waals surface area contributed by atoms with Gasteiger partial charge in [-0.1, -0.05) is 137 Å². The van der Waals surface area contributed by atoms with Gasteiger partial charge in [0.25, 0.3) is 5.69 Å². The highest BCUT2D eigenvalue weighted by atomic mass is 16.7. The van der Waals surface area contributed by atoms with Crippen LogP contribution in [0.3, 0.4) is 0 Å². The van der Waals surface area contributed by atoms with Gasteiger partial charge in [0.2, 0.25) is 11.7 Å². The van der Waals surface area contributed by atoms with Crippen LogP contribution >= 0.6 is 0 Å². The van der Waals surface area contributed by atoms with Crippen LogP contribution in [0, 0.1) is 34.8 Å². The van der Waals surface area contributed by atoms with Crippen LogP contribution in [0.25, 0.3) is 10.8 Å². The van der Waals surface area contributed by atoms with E-state index in [1.54, 1.807) is 18.2 Å². The minimum Gasteiger partial charge on any atom is -0.487 e. The number of aliphatic hydroxyl groups is 2. The normalized spacial score (nSPS) is 20.9. The minimum atomic E-state index is -1.45. The number of aryl methyl sites for hydroxylation is 1. The zero-order valence-corrected chi connectivity index (χ0v) is 45.4. The van der Waals surface area contributed by atoms with Crippen molar-refractivity contribution in [2.75, 3.05) is 19.8 Å². The van der Waals surface area contributed by atoms with Crippen LogP contribution in [0.15, 0.2) is 133 Å². The van der Waals surface area contributed by atoms with Crippen LogP contribution in [0.5, 0.6) is 11.5 Å². The first kappa shape index (κ1) is 56.8. The van der Waals surface area contributed by atoms with Gasteiger partial charge in [-0.25, -0.2) is 0 Å². The number of pyridine rings is 1. The maximum atomic E-state index is 15.6. The standard InChI is InChI=1S/C64H80N4O9/c1-4-6-7-8-9-10-11-12-13-30-61(71)67(43-50-26-21-25-48-23-14-15-28-54(48)50)60-42-58(66-76-44-47-31-33-52(34-32-47)68(72)73)56-40-49(24-16-18-37-69)55(29-17-19-38-70)62-57-41-53(74-45-51-27-20-22-46(3)65-51)35-36-59(57)77-64(60,63(56)62)75-39-5-2/h5,14-15,20-23,25-28,31-36,40-41,49,55,60,62-63,69-70H,2,4,6-13,16-19,24,29-30,37-39,42-45H2,1,3H3/t49-,55+,60-,62+,63+,64+/m0/s1. The molecule has 0 bridgehead atoms. The van der Waals surface area contributed by atoms with E-state index in [4.69, 9.17) is 29.2 Å². The fourth-order valence-electron chi connectivity index (χ4n) is 12.2. The number of nitrogens with zero attached hydrogens (tertiary/aromatic N) is 4. The molecule has 2 aliphatic carbocycles. The van der Waals surface area contributed by atoms with Gasteiger partial charge in [0.1, 0.15) is 30.8 Å². The summed E-state index contributed by atoms with van der Waals surface area (Å²) in [5.41, 5.74) is 5.98. The van der Waals surface area contributed by atoms with Gasteiger partial charge in [-0.15, -0.1) is 6.58 Å². The number of ether oxygens (including phenoxy) is 3. The SMILES string of the molecule is C=CCO[C@@]12Oc3ccc(OCc4cccc(C)n4)cc3[C@H]3[C@H](CCCCO)[C@@H](CCCCO)C=C(C(=NOCc4ccc([N+](=O)[O-])cc4)C[C@@H]1N(Cc1cccc4ccccc14)C(=O)CCCCCCCCCCC)[C@H]32. The van der Waals surface area contributed by atoms with Crippen molar-refractivity contribution in [3.8, 4) is 11.5 Å². The lowest BCUT2D eigenvalue weighted by Gasteiger charge is -2.60. The molecule has 13 heteroatoms. The van der Waals surface area contributed by atoms with Gasteiger partial charge in [0.15, 0.2) is 0 Å². The van der Waals surface area contributed by atoms with Crippen molar-refractivity contribution in [2.24, 2.45) is 22.9 Å². The summed E-state index contributed by atoms with van der Waals surface area (Å²) in [5.74, 6) is -0.868. The van der Waals surface area contributed by atoms with Gasteiger partial charge in [0, 0.05) is 61.9 Å². The Morgan fingerprint density at radius 3 is 2.34 bits per heavy atom. The second-order valence-corrected chi connectivity index (χ2v) is 21.3. The zero-order chi connectivity index (χ0) is 54.0. The van der Waals surface area contributed by atoms with E-state index in [2.05, 4.69) is 56.0 Å². The fraction of sp³-hybridized carbons (Fsp3) is 0.484. The topological polar surface area (TPSA) is 166 Å². The molecule has 410 valence electrons. The Morgan fingerprint density at radius 1 is 0.870 bits per heavy atom. The predicted molar refractivity (Wildman–Crippen MR) is 302 cm³/mol. The number of hydrogen-bond acceptors (Lipinski definition) is 11. The number of amides is 1. The van der Waals surface area contributed by atoms with Gasteiger partial charge < -0.3 is 34.2 Å². The predicted octanol–water partition coefficient (Wildman–Crippen LogP) is 13.8. The number of rotatable bonds is 31. The lowest BCUT2D eigenvalue weighted by atomic mass is 9.55. The van der Waals surface area contributed by atoms with Crippen molar-refractivity contribution in [3.05, 3.63) is 166 Å². The highest BCUT2D eigenvalue weighted by Crippen LogP contribution is 2.62. The van der Waals surface area contributed by atoms with Gasteiger partial charge in [0.05, 0.1) is 28.9 Å². The van der Waals surface area contributed by atoms with Crippen LogP contribution in [0.1, 0.15) is 150 Å². The summed E-state index contributed by atoms with van der Waals surface area (Å²) in [6.07, 6.45) is 19.3. The molecule has 6 atom stereocenters. The summed E-state index contributed by atoms with van der Waals surface area (Å²) in [6, 6.07) is 32.1. The van der Waals surface area contributed by atoms with Crippen LogP contribution in [0.4, 0.5) is 5.69 Å². The number of aromatic nitrogens is 1. The number of fused-ring (bicyclic) bond motifs is 3. The second kappa shape index (κ2) is 28.3. The Kier molecular flexibility index (Phi) is 20.9. The first-order valence-electron chi connectivity index (χ1n) is 28.4. The molecule has 1 fully saturated rings. The van der Waals surface area contributed by atoms with Crippen molar-refractivity contribution < 1.29 is 39.0 Å². The molecule has 4 aromatic carbocycles. The summed E-state index contributed by atoms with van der Waals surface area (Å²) in [5, 5.41) is 39.0. The number of unbranched alkanes of at least 4 members (excludes halogenated alkanes) is 10. The van der Waals surface area contributed by atoms with Crippen molar-refractivity contribution >= 4 is 28.1 Å². The van der Waals surface area contributed by atoms with Crippen LogP contribution in [0.2, 0.25) is 0 Å². The summed E-state index contributed by atoms with van der Waals surface area (Å²) in [7, 11) is 0. The molecular weight excluding hydrogens is 969 g/mol. The molecule has 8 rings (SSSR count). The Morgan fingerprint density at radius 2 is 1.60 bits per heavy atom. The van der Waals surface area contributed by atoms with Gasteiger partial charge in [-0.05, 0) is 121 Å². The smallest absolute Gasteiger partial charge is 0.269 e. The Bertz CT molecular complexity index is 2790. The number of non-ortho nitro benzene ring substituents is 1. The first-order valence-corrected chi connectivity index (χ1v) is 28.4. The molecule has 0 spiro atoms. The number of carbonyl (C=O) groups is 1. The quantitative estimate of drug-likeness (QED) is 0.0189. The Labute approximate surface area is 455 Å². The Balaban J connectivity index is 1.28. The number of hydrogen-bond donors (Lipinski definition) is 2. The fourth-order valence-corrected chi connectivity index (χ4v) is 12.2. The third kappa shape index (κ3) is 14.2. The van der Waals surface area contributed by atoms with E-state index in [-0.39, 0.29) is 75.3 Å². The van der Waals surface area contributed by atoms with E-state index in [1.807, 2.05) is 54.3 Å². The van der Waals surface area contributed by atoms with Gasteiger partial charge in [-0.3, -0.25) is 19.9 Å². The van der Waals surface area contributed by atoms with Gasteiger partial charge in [-0.2, -0.15) is 0 Å². The largest absolute Gasteiger partial charge is 0.487 e. The van der Waals surface area contributed by atoms with E-state index in [0.29, 0.717) is 42.0 Å². The van der Waals surface area contributed by atoms with Crippen molar-refractivity contribution in [2.45, 2.75) is 161 Å². The number of aliphatic hydroxyl groups excluding tert-OH is 2. The molecule has 2 heterocycles. The number of allylic oxidation sites excluding steroid dienone is 1. The molecule has 1 aromatic heterocycles. The number of carbonyl (C=O) groups excluding carboxylic acids is 1. The lowest BCUT2D eigenvalue weighted by molar-refractivity contribution is -0.384. The maximum absolute atomic E-state index is 15.6. The van der Waals surface area contributed by atoms with Crippen LogP contribution < -0.4 is 9.47 Å². The molecule has 0 radical (unpaired) electrons. The van der Waals surface area contributed by atoms with E-state index in [0.717, 1.165) is 90.2 Å². The highest BCUT2D eigenvalue weighted by molar-refractivity contribution is 6.03. The molecule has 3 aliphatic rings. The summed E-state index contributed by atoms with van der Waals surface area (Å²) in [4.78, 5) is 39.8. The van der Waals surface area contributed by atoms with Gasteiger partial charge >= 0.3 is 0 Å². The van der Waals surface area contributed by atoms with Crippen molar-refractivity contribution in [3.63, 3.8) is 0 Å². The number of nitro benzene ring substituents is 1. The molecule has 0 unspecified atom stereocenters. The van der Waals surface area contributed by atoms with E-state index in [9.17, 15) is 20.3 Å². The molecule has 2 N–H and O–H groups in total. The number of nitro groups is 1. The van der Waals surface area contributed by atoms with E-state index >= 15 is 4.79 Å². The molecular formula is C64H80N4O9. The number of oxime groups is 1. The lowest BCUT2D eigenvalue weighted by Crippen LogP contribution is -2.70. The third-order valence-corrected chi connectivity index (χ3v) is 15.9. The summed E-state index contributed by atoms with van der Waals surface area (Å²) in [6.45, 7) is 9.26. The molecule has 5 aromatic rings. The molecule has 77 heavy (non-hydrogen) atoms. The average Bonchev–Trinajstić information content (AvgIpc) is 3.49. The van der Waals surface area contributed by atoms with E-state index in [1.165, 1.54) is 44.2 Å². The second-order valence-electron chi connectivity index (χ2n) is 21.3. The van der Waals surface area contributed by atoms with E-state index < -0.39 is 22.7 Å². The first-order chi connectivity index (χ1) is 37.7. The molecule has 0 saturated heterocycles. The highest BCUT2D eigenvalue weighted by Gasteiger charge is 2.65.